The number of anilines is 1. The minimum absolute atomic E-state index is 0.345. The summed E-state index contributed by atoms with van der Waals surface area (Å²) >= 11 is 1.52. The molecule has 3 aromatic carbocycles. The summed E-state index contributed by atoms with van der Waals surface area (Å²) in [6, 6.07) is 19.9. The number of benzene rings is 3. The van der Waals surface area contributed by atoms with E-state index in [0.717, 1.165) is 42.0 Å². The van der Waals surface area contributed by atoms with Crippen molar-refractivity contribution in [2.45, 2.75) is 65.7 Å². The topological polar surface area (TPSA) is 126 Å². The fourth-order valence-electron chi connectivity index (χ4n) is 5.35. The number of fused-ring (bicyclic) bond motifs is 1. The second-order valence-electron chi connectivity index (χ2n) is 12.6. The van der Waals surface area contributed by atoms with Gasteiger partial charge in [-0.25, -0.2) is 14.8 Å². The summed E-state index contributed by atoms with van der Waals surface area (Å²) in [5.41, 5.74) is 1.50. The van der Waals surface area contributed by atoms with Crippen molar-refractivity contribution >= 4 is 50.8 Å². The van der Waals surface area contributed by atoms with Crippen molar-refractivity contribution in [1.29, 1.82) is 0 Å². The maximum atomic E-state index is 13.3. The lowest BCUT2D eigenvalue weighted by atomic mass is 9.95. The second-order valence-corrected chi connectivity index (χ2v) is 13.6. The molecule has 0 amide bonds. The number of carbonyl (C=O) groups excluding carboxylic acids is 3. The first kappa shape index (κ1) is 42.1. The summed E-state index contributed by atoms with van der Waals surface area (Å²) in [4.78, 5) is 42.0. The van der Waals surface area contributed by atoms with E-state index < -0.39 is 17.8 Å². The van der Waals surface area contributed by atoms with Crippen molar-refractivity contribution in [3.8, 4) is 34.8 Å². The van der Waals surface area contributed by atoms with Crippen LogP contribution in [0, 0.1) is 23.7 Å². The Bertz CT molecular complexity index is 1930. The highest BCUT2D eigenvalue weighted by molar-refractivity contribution is 7.22. The maximum absolute atomic E-state index is 13.3. The molecule has 1 aromatic heterocycles. The second kappa shape index (κ2) is 22.5. The van der Waals surface area contributed by atoms with Crippen molar-refractivity contribution in [2.75, 3.05) is 31.9 Å². The van der Waals surface area contributed by atoms with Crippen LogP contribution in [0.5, 0.6) is 23.0 Å². The molecule has 0 fully saturated rings. The van der Waals surface area contributed by atoms with Crippen molar-refractivity contribution in [3.63, 3.8) is 0 Å². The third-order valence-electron chi connectivity index (χ3n) is 8.60. The van der Waals surface area contributed by atoms with Gasteiger partial charge in [0.1, 0.15) is 29.5 Å². The first-order valence-electron chi connectivity index (χ1n) is 18.4. The molecular weight excluding hydrogens is 719 g/mol. The molecule has 0 spiro atoms. The molecule has 11 nitrogen and oxygen atoms in total. The Balaban J connectivity index is 1.25. The van der Waals surface area contributed by atoms with Gasteiger partial charge in [-0.1, -0.05) is 49.8 Å². The van der Waals surface area contributed by atoms with Gasteiger partial charge in [-0.05, 0) is 106 Å². The lowest BCUT2D eigenvalue weighted by Gasteiger charge is -2.17. The summed E-state index contributed by atoms with van der Waals surface area (Å²) < 4.78 is 28.8. The highest BCUT2D eigenvalue weighted by Crippen LogP contribution is 2.30. The molecule has 2 atom stereocenters. The molecule has 0 bridgehead atoms. The van der Waals surface area contributed by atoms with Gasteiger partial charge >= 0.3 is 17.9 Å². The minimum atomic E-state index is -0.433. The molecule has 1 heterocycles. The molecule has 4 aromatic rings. The summed E-state index contributed by atoms with van der Waals surface area (Å²) in [6.07, 6.45) is 7.81. The minimum Gasteiger partial charge on any atom is -0.496 e. The molecule has 0 aliphatic heterocycles. The largest absolute Gasteiger partial charge is 0.496 e. The van der Waals surface area contributed by atoms with Crippen LogP contribution in [-0.2, 0) is 19.1 Å². The van der Waals surface area contributed by atoms with E-state index in [2.05, 4.69) is 23.5 Å². The van der Waals surface area contributed by atoms with Crippen molar-refractivity contribution in [2.24, 2.45) is 16.9 Å². The number of ether oxygens (including phenoxy) is 5. The molecule has 12 heteroatoms. The van der Waals surface area contributed by atoms with Crippen LogP contribution < -0.4 is 24.0 Å². The van der Waals surface area contributed by atoms with E-state index in [4.69, 9.17) is 28.7 Å². The van der Waals surface area contributed by atoms with Gasteiger partial charge in [0, 0.05) is 11.6 Å². The molecule has 0 radical (unpaired) electrons. The number of hydrogen-bond donors (Lipinski definition) is 0. The predicted octanol–water partition coefficient (Wildman–Crippen LogP) is 8.79. The highest BCUT2D eigenvalue weighted by Gasteiger charge is 2.23. The summed E-state index contributed by atoms with van der Waals surface area (Å²) in [6.45, 7) is 10.2. The van der Waals surface area contributed by atoms with E-state index in [1.165, 1.54) is 11.3 Å². The van der Waals surface area contributed by atoms with Crippen LogP contribution in [-0.4, -0.2) is 56.0 Å². The molecule has 0 N–H and O–H groups in total. The Labute approximate surface area is 327 Å². The van der Waals surface area contributed by atoms with Crippen LogP contribution >= 0.6 is 11.3 Å². The SMILES string of the molecule is C=CC(=O)OCCCCCCOc1ccc(OC(=O)C(C)CC[C@H](CC)C(=O)Oc2ccc(OC)c(/C=N/N(CC#CC)c3nc4ccccc4s3)c2)cc1. The van der Waals surface area contributed by atoms with Crippen molar-refractivity contribution < 1.29 is 38.1 Å². The van der Waals surface area contributed by atoms with E-state index in [1.807, 2.05) is 31.2 Å². The van der Waals surface area contributed by atoms with Gasteiger partial charge in [-0.15, -0.1) is 5.92 Å². The van der Waals surface area contributed by atoms with Crippen LogP contribution in [0.15, 0.2) is 84.5 Å². The third kappa shape index (κ3) is 13.6. The predicted molar refractivity (Wildman–Crippen MR) is 216 cm³/mol. The first-order valence-corrected chi connectivity index (χ1v) is 19.3. The van der Waals surface area contributed by atoms with E-state index in [9.17, 15) is 14.4 Å². The molecule has 0 saturated carbocycles. The van der Waals surface area contributed by atoms with Crippen LogP contribution in [0.25, 0.3) is 10.2 Å². The quantitative estimate of drug-likeness (QED) is 0.0146. The Morgan fingerprint density at radius 2 is 1.64 bits per heavy atom. The zero-order valence-electron chi connectivity index (χ0n) is 32.0. The van der Waals surface area contributed by atoms with Crippen molar-refractivity contribution in [1.82, 2.24) is 4.98 Å². The average Bonchev–Trinajstić information content (AvgIpc) is 3.64. The van der Waals surface area contributed by atoms with E-state index >= 15 is 0 Å². The molecule has 55 heavy (non-hydrogen) atoms. The van der Waals surface area contributed by atoms with Crippen LogP contribution in [0.2, 0.25) is 0 Å². The monoisotopic (exact) mass is 767 g/mol. The average molecular weight is 768 g/mol. The Morgan fingerprint density at radius 1 is 0.927 bits per heavy atom. The highest BCUT2D eigenvalue weighted by atomic mass is 32.1. The molecular formula is C43H49N3O8S. The normalized spacial score (nSPS) is 11.9. The molecule has 4 rings (SSSR count). The Hall–Kier alpha value is -5.67. The fraction of sp³-hybridized carbons (Fsp3) is 0.372. The fourth-order valence-corrected chi connectivity index (χ4v) is 6.27. The van der Waals surface area contributed by atoms with Gasteiger partial charge in [0.2, 0.25) is 5.13 Å². The number of unbranched alkanes of at least 4 members (excludes halogenated alkanes) is 3. The lowest BCUT2D eigenvalue weighted by molar-refractivity contribution is -0.141. The Morgan fingerprint density at radius 3 is 2.35 bits per heavy atom. The number of esters is 3. The van der Waals surface area contributed by atoms with Gasteiger partial charge in [0.05, 0.1) is 48.6 Å². The van der Waals surface area contributed by atoms with E-state index in [-0.39, 0.29) is 11.9 Å². The maximum Gasteiger partial charge on any atom is 0.330 e. The molecule has 1 unspecified atom stereocenters. The number of aromatic nitrogens is 1. The number of rotatable bonds is 22. The molecule has 0 aliphatic rings. The number of hydrazone groups is 1. The number of nitrogens with zero attached hydrogens (tertiary/aromatic N) is 3. The van der Waals surface area contributed by atoms with E-state index in [1.54, 1.807) is 74.6 Å². The number of hydrogen-bond acceptors (Lipinski definition) is 12. The van der Waals surface area contributed by atoms with Crippen LogP contribution in [0.3, 0.4) is 0 Å². The van der Waals surface area contributed by atoms with Gasteiger partial charge in [-0.2, -0.15) is 5.10 Å². The molecule has 290 valence electrons. The zero-order valence-corrected chi connectivity index (χ0v) is 32.8. The number of methoxy groups -OCH3 is 1. The molecule has 0 aliphatic carbocycles. The first-order chi connectivity index (χ1) is 26.7. The van der Waals surface area contributed by atoms with Crippen molar-refractivity contribution in [3.05, 3.63) is 84.9 Å². The van der Waals surface area contributed by atoms with E-state index in [0.29, 0.717) is 72.7 Å². The number of thiazole rings is 1. The van der Waals surface area contributed by atoms with Gasteiger partial charge in [0.15, 0.2) is 0 Å². The van der Waals surface area contributed by atoms with Gasteiger partial charge in [-0.3, -0.25) is 9.59 Å². The zero-order chi connectivity index (χ0) is 39.4. The summed E-state index contributed by atoms with van der Waals surface area (Å²) in [5.74, 6) is 5.98. The Kier molecular flexibility index (Phi) is 17.2. The lowest BCUT2D eigenvalue weighted by Crippen LogP contribution is -2.23. The van der Waals surface area contributed by atoms with Gasteiger partial charge < -0.3 is 23.7 Å². The smallest absolute Gasteiger partial charge is 0.330 e. The standard InChI is InChI=1S/C43H49N3O8S/c1-6-9-26-46(43-45-37-16-12-13-17-39(37)55-43)44-30-33-29-36(24-25-38(33)50-5)54-42(49)32(7-2)19-18-31(4)41(48)53-35-22-20-34(21-23-35)51-27-14-10-11-15-28-52-40(47)8-3/h8,12-13,16-17,20-25,29-32H,3,7,10-11,14-15,18-19,26-28H2,1-2,4-5H3/b44-30+/t31?,32-/m0/s1. The number of para-hydroxylation sites is 1. The summed E-state index contributed by atoms with van der Waals surface area (Å²) in [7, 11) is 1.57. The summed E-state index contributed by atoms with van der Waals surface area (Å²) in [5, 5.41) is 7.11. The number of carbonyl (C=O) groups is 3. The van der Waals surface area contributed by atoms with Gasteiger partial charge in [0.25, 0.3) is 0 Å². The van der Waals surface area contributed by atoms with Crippen LogP contribution in [0.1, 0.15) is 71.3 Å². The molecule has 0 saturated heterocycles. The third-order valence-corrected chi connectivity index (χ3v) is 9.65. The van der Waals surface area contributed by atoms with Crippen LogP contribution in [0.4, 0.5) is 5.13 Å².